The van der Waals surface area contributed by atoms with Crippen LogP contribution < -0.4 is 10.1 Å². The maximum atomic E-state index is 12.7. The SMILES string of the molecule is Cc1cccc(C(=O)N=c2sc(C)c(C)n2Cc2ccc(C(=O)NCC3CCCO3)o2)c1. The lowest BCUT2D eigenvalue weighted by molar-refractivity contribution is 0.0833. The standard InChI is InChI=1S/C24H27N3O4S/c1-15-6-4-7-18(12-15)22(28)26-24-27(16(2)17(3)32-24)14-20-9-10-21(31-20)23(29)25-13-19-8-5-11-30-19/h4,6-7,9-10,12,19H,5,8,11,13-14H2,1-3H3,(H,25,29). The molecular weight excluding hydrogens is 426 g/mol. The van der Waals surface area contributed by atoms with E-state index in [1.54, 1.807) is 18.2 Å². The van der Waals surface area contributed by atoms with Crippen LogP contribution in [0, 0.1) is 20.8 Å². The number of nitrogens with zero attached hydrogens (tertiary/aromatic N) is 2. The van der Waals surface area contributed by atoms with E-state index in [-0.39, 0.29) is 23.7 Å². The van der Waals surface area contributed by atoms with Gasteiger partial charge in [0, 0.05) is 29.3 Å². The van der Waals surface area contributed by atoms with Crippen LogP contribution in [0.3, 0.4) is 0 Å². The lowest BCUT2D eigenvalue weighted by Crippen LogP contribution is -2.31. The molecule has 7 nitrogen and oxygen atoms in total. The molecule has 0 radical (unpaired) electrons. The largest absolute Gasteiger partial charge is 0.454 e. The fourth-order valence-electron chi connectivity index (χ4n) is 3.64. The van der Waals surface area contributed by atoms with Crippen molar-refractivity contribution in [2.45, 2.75) is 46.3 Å². The van der Waals surface area contributed by atoms with Gasteiger partial charge in [0.15, 0.2) is 10.6 Å². The number of amides is 2. The van der Waals surface area contributed by atoms with Gasteiger partial charge in [0.25, 0.3) is 11.8 Å². The van der Waals surface area contributed by atoms with Gasteiger partial charge < -0.3 is 19.0 Å². The summed E-state index contributed by atoms with van der Waals surface area (Å²) in [6.45, 7) is 7.55. The molecule has 1 atom stereocenters. The Morgan fingerprint density at radius 2 is 2.06 bits per heavy atom. The van der Waals surface area contributed by atoms with Crippen molar-refractivity contribution in [1.29, 1.82) is 0 Å². The van der Waals surface area contributed by atoms with E-state index >= 15 is 0 Å². The van der Waals surface area contributed by atoms with Crippen LogP contribution in [0.4, 0.5) is 0 Å². The van der Waals surface area contributed by atoms with Gasteiger partial charge in [-0.1, -0.05) is 17.7 Å². The Hall–Kier alpha value is -2.97. The Morgan fingerprint density at radius 3 is 2.81 bits per heavy atom. The minimum atomic E-state index is -0.280. The molecule has 1 unspecified atom stereocenters. The van der Waals surface area contributed by atoms with Crippen LogP contribution in [0.2, 0.25) is 0 Å². The molecular formula is C24H27N3O4S. The molecule has 1 fully saturated rings. The van der Waals surface area contributed by atoms with Gasteiger partial charge in [-0.25, -0.2) is 0 Å². The molecule has 1 aliphatic heterocycles. The van der Waals surface area contributed by atoms with Crippen molar-refractivity contribution >= 4 is 23.2 Å². The van der Waals surface area contributed by atoms with Gasteiger partial charge in [0.2, 0.25) is 0 Å². The first kappa shape index (κ1) is 22.2. The molecule has 32 heavy (non-hydrogen) atoms. The van der Waals surface area contributed by atoms with E-state index in [0.717, 1.165) is 35.6 Å². The number of carbonyl (C=O) groups excluding carboxylic acids is 2. The van der Waals surface area contributed by atoms with Crippen LogP contribution in [-0.2, 0) is 11.3 Å². The highest BCUT2D eigenvalue weighted by Crippen LogP contribution is 2.16. The van der Waals surface area contributed by atoms with Crippen LogP contribution in [0.15, 0.2) is 45.8 Å². The van der Waals surface area contributed by atoms with Crippen molar-refractivity contribution < 1.29 is 18.7 Å². The average molecular weight is 454 g/mol. The van der Waals surface area contributed by atoms with Crippen molar-refractivity contribution in [3.8, 4) is 0 Å². The highest BCUT2D eigenvalue weighted by molar-refractivity contribution is 7.09. The zero-order chi connectivity index (χ0) is 22.7. The highest BCUT2D eigenvalue weighted by Gasteiger charge is 2.19. The highest BCUT2D eigenvalue weighted by atomic mass is 32.1. The van der Waals surface area contributed by atoms with E-state index in [1.807, 2.05) is 43.5 Å². The van der Waals surface area contributed by atoms with E-state index in [9.17, 15) is 9.59 Å². The minimum absolute atomic E-state index is 0.0791. The van der Waals surface area contributed by atoms with Crippen molar-refractivity contribution in [2.24, 2.45) is 4.99 Å². The maximum absolute atomic E-state index is 12.7. The summed E-state index contributed by atoms with van der Waals surface area (Å²) in [5.74, 6) is 0.349. The van der Waals surface area contributed by atoms with Crippen LogP contribution in [0.5, 0.6) is 0 Å². The fraction of sp³-hybridized carbons (Fsp3) is 0.375. The molecule has 0 aliphatic carbocycles. The summed E-state index contributed by atoms with van der Waals surface area (Å²) in [6.07, 6.45) is 2.07. The molecule has 0 saturated carbocycles. The zero-order valence-corrected chi connectivity index (χ0v) is 19.3. The molecule has 1 aromatic carbocycles. The molecule has 1 N–H and O–H groups in total. The van der Waals surface area contributed by atoms with Crippen LogP contribution in [-0.4, -0.2) is 35.6 Å². The van der Waals surface area contributed by atoms with Crippen molar-refractivity contribution in [3.63, 3.8) is 0 Å². The van der Waals surface area contributed by atoms with Crippen molar-refractivity contribution in [1.82, 2.24) is 9.88 Å². The molecule has 2 amide bonds. The second-order valence-electron chi connectivity index (χ2n) is 8.01. The third-order valence-corrected chi connectivity index (χ3v) is 6.66. The Kier molecular flexibility index (Phi) is 6.72. The number of ether oxygens (including phenoxy) is 1. The number of hydrogen-bond acceptors (Lipinski definition) is 5. The molecule has 4 rings (SSSR count). The molecule has 8 heteroatoms. The Morgan fingerprint density at radius 1 is 1.22 bits per heavy atom. The van der Waals surface area contributed by atoms with E-state index in [0.29, 0.717) is 29.2 Å². The third-order valence-electron chi connectivity index (χ3n) is 5.57. The average Bonchev–Trinajstić information content (AvgIpc) is 3.51. The van der Waals surface area contributed by atoms with Gasteiger partial charge in [0.1, 0.15) is 5.76 Å². The summed E-state index contributed by atoms with van der Waals surface area (Å²) in [6, 6.07) is 10.9. The zero-order valence-electron chi connectivity index (χ0n) is 18.5. The van der Waals surface area contributed by atoms with E-state index in [2.05, 4.69) is 10.3 Å². The van der Waals surface area contributed by atoms with Crippen LogP contribution >= 0.6 is 11.3 Å². The summed E-state index contributed by atoms with van der Waals surface area (Å²) in [7, 11) is 0. The van der Waals surface area contributed by atoms with Crippen LogP contribution in [0.25, 0.3) is 0 Å². The number of hydrogen-bond donors (Lipinski definition) is 1. The minimum Gasteiger partial charge on any atom is -0.454 e. The number of furan rings is 1. The van der Waals surface area contributed by atoms with Gasteiger partial charge in [-0.15, -0.1) is 11.3 Å². The van der Waals surface area contributed by atoms with Crippen LogP contribution in [0.1, 0.15) is 55.6 Å². The number of benzene rings is 1. The smallest absolute Gasteiger partial charge is 0.287 e. The predicted molar refractivity (Wildman–Crippen MR) is 122 cm³/mol. The number of thiazole rings is 1. The summed E-state index contributed by atoms with van der Waals surface area (Å²) in [4.78, 5) is 31.2. The van der Waals surface area contributed by atoms with E-state index < -0.39 is 0 Å². The van der Waals surface area contributed by atoms with Gasteiger partial charge in [-0.05, 0) is 57.9 Å². The monoisotopic (exact) mass is 453 g/mol. The summed E-state index contributed by atoms with van der Waals surface area (Å²) in [5, 5.41) is 2.87. The Labute approximate surface area is 190 Å². The lowest BCUT2D eigenvalue weighted by Gasteiger charge is -2.09. The Bertz CT molecular complexity index is 1200. The number of aromatic nitrogens is 1. The lowest BCUT2D eigenvalue weighted by atomic mass is 10.1. The topological polar surface area (TPSA) is 85.8 Å². The number of carbonyl (C=O) groups is 2. The van der Waals surface area contributed by atoms with E-state index in [4.69, 9.17) is 9.15 Å². The molecule has 168 valence electrons. The fourth-order valence-corrected chi connectivity index (χ4v) is 4.61. The second kappa shape index (κ2) is 9.67. The van der Waals surface area contributed by atoms with E-state index in [1.165, 1.54) is 11.3 Å². The van der Waals surface area contributed by atoms with Crippen molar-refractivity contribution in [3.05, 3.63) is 74.4 Å². The molecule has 0 bridgehead atoms. The molecule has 3 aromatic rings. The molecule has 1 aliphatic rings. The van der Waals surface area contributed by atoms with Gasteiger partial charge in [-0.2, -0.15) is 4.99 Å². The first-order valence-electron chi connectivity index (χ1n) is 10.7. The maximum Gasteiger partial charge on any atom is 0.287 e. The first-order chi connectivity index (χ1) is 15.4. The number of aryl methyl sites for hydroxylation is 2. The van der Waals surface area contributed by atoms with Gasteiger partial charge in [-0.3, -0.25) is 9.59 Å². The third kappa shape index (κ3) is 5.08. The molecule has 0 spiro atoms. The second-order valence-corrected chi connectivity index (χ2v) is 9.19. The van der Waals surface area contributed by atoms with Crippen molar-refractivity contribution in [2.75, 3.05) is 13.2 Å². The number of rotatable bonds is 6. The normalized spacial score (nSPS) is 16.5. The number of nitrogens with one attached hydrogen (secondary N) is 1. The molecule has 3 heterocycles. The first-order valence-corrected chi connectivity index (χ1v) is 11.5. The molecule has 2 aromatic heterocycles. The Balaban J connectivity index is 1.51. The van der Waals surface area contributed by atoms with Gasteiger partial charge in [0.05, 0.1) is 12.6 Å². The predicted octanol–water partition coefficient (Wildman–Crippen LogP) is 3.77. The molecule has 1 saturated heterocycles. The van der Waals surface area contributed by atoms with Gasteiger partial charge >= 0.3 is 0 Å². The quantitative estimate of drug-likeness (QED) is 0.616. The summed E-state index contributed by atoms with van der Waals surface area (Å²) >= 11 is 1.46. The summed E-state index contributed by atoms with van der Waals surface area (Å²) in [5.41, 5.74) is 2.58. The summed E-state index contributed by atoms with van der Waals surface area (Å²) < 4.78 is 13.3.